The van der Waals surface area contributed by atoms with Crippen molar-refractivity contribution in [2.45, 2.75) is 12.8 Å². The number of hydrogen-bond donors (Lipinski definition) is 2. The van der Waals surface area contributed by atoms with E-state index in [2.05, 4.69) is 13.2 Å². The van der Waals surface area contributed by atoms with Crippen LogP contribution in [0.1, 0.15) is 12.8 Å². The minimum atomic E-state index is -0.966. The summed E-state index contributed by atoms with van der Waals surface area (Å²) in [6.07, 6.45) is 2.69. The molecule has 0 radical (unpaired) electrons. The summed E-state index contributed by atoms with van der Waals surface area (Å²) >= 11 is 0. The quantitative estimate of drug-likeness (QED) is 0.608. The lowest BCUT2D eigenvalue weighted by Gasteiger charge is -2.17. The Morgan fingerprint density at radius 2 is 1.29 bits per heavy atom. The highest BCUT2D eigenvalue weighted by Crippen LogP contribution is 2.21. The monoisotopic (exact) mass is 198 g/mol. The molecule has 78 valence electrons. The Balaban J connectivity index is 4.43. The molecule has 0 rings (SSSR count). The largest absolute Gasteiger partial charge is 0.481 e. The van der Waals surface area contributed by atoms with Gasteiger partial charge < -0.3 is 10.2 Å². The predicted molar refractivity (Wildman–Crippen MR) is 51.9 cm³/mol. The van der Waals surface area contributed by atoms with Gasteiger partial charge in [0.05, 0.1) is 12.8 Å². The third-order valence-corrected chi connectivity index (χ3v) is 1.98. The second-order valence-electron chi connectivity index (χ2n) is 2.99. The van der Waals surface area contributed by atoms with Gasteiger partial charge in [0.15, 0.2) is 0 Å². The molecule has 0 fully saturated rings. The first kappa shape index (κ1) is 12.4. The van der Waals surface area contributed by atoms with Crippen LogP contribution in [0, 0.1) is 11.8 Å². The lowest BCUT2D eigenvalue weighted by molar-refractivity contribution is -0.140. The van der Waals surface area contributed by atoms with Gasteiger partial charge in [0.25, 0.3) is 0 Å². The number of allylic oxidation sites excluding steroid dienone is 2. The highest BCUT2D eigenvalue weighted by molar-refractivity contribution is 5.69. The first-order valence-electron chi connectivity index (χ1n) is 4.20. The minimum absolute atomic E-state index is 0.118. The molecule has 0 aromatic heterocycles. The van der Waals surface area contributed by atoms with Crippen molar-refractivity contribution in [1.82, 2.24) is 0 Å². The third-order valence-electron chi connectivity index (χ3n) is 1.98. The second kappa shape index (κ2) is 5.96. The van der Waals surface area contributed by atoms with Crippen LogP contribution in [-0.4, -0.2) is 22.2 Å². The number of aliphatic carboxylic acids is 2. The molecule has 0 aromatic carbocycles. The first-order chi connectivity index (χ1) is 6.51. The first-order valence-corrected chi connectivity index (χ1v) is 4.20. The lowest BCUT2D eigenvalue weighted by Crippen LogP contribution is -2.17. The van der Waals surface area contributed by atoms with Gasteiger partial charge in [-0.15, -0.1) is 13.2 Å². The topological polar surface area (TPSA) is 74.6 Å². The third kappa shape index (κ3) is 4.45. The van der Waals surface area contributed by atoms with Crippen molar-refractivity contribution in [3.63, 3.8) is 0 Å². The molecule has 4 heteroatoms. The Morgan fingerprint density at radius 3 is 1.43 bits per heavy atom. The molecule has 0 saturated heterocycles. The standard InChI is InChI=1S/C10H14O4/c1-3-7(5-9(11)12)8(4-2)6-10(13)14/h3-4,7-8H,1-2,5-6H2,(H,11,12)(H,13,14)/t7-,8+. The maximum absolute atomic E-state index is 10.4. The molecular weight excluding hydrogens is 184 g/mol. The minimum Gasteiger partial charge on any atom is -0.481 e. The van der Waals surface area contributed by atoms with Crippen molar-refractivity contribution >= 4 is 11.9 Å². The molecule has 0 bridgehead atoms. The Morgan fingerprint density at radius 1 is 1.00 bits per heavy atom. The number of rotatable bonds is 7. The molecule has 0 unspecified atom stereocenters. The molecule has 0 aliphatic heterocycles. The van der Waals surface area contributed by atoms with Crippen molar-refractivity contribution in [1.29, 1.82) is 0 Å². The SMILES string of the molecule is C=C[C@H](CC(=O)O)[C@@H](C=C)CC(=O)O. The second-order valence-corrected chi connectivity index (χ2v) is 2.99. The molecule has 14 heavy (non-hydrogen) atoms. The molecule has 0 spiro atoms. The van der Waals surface area contributed by atoms with Crippen LogP contribution in [-0.2, 0) is 9.59 Å². The summed E-state index contributed by atoms with van der Waals surface area (Å²) in [5.41, 5.74) is 0. The zero-order chi connectivity index (χ0) is 11.1. The van der Waals surface area contributed by atoms with Gasteiger partial charge in [0, 0.05) is 0 Å². The summed E-state index contributed by atoms with van der Waals surface area (Å²) in [6.45, 7) is 6.97. The van der Waals surface area contributed by atoms with E-state index in [1.165, 1.54) is 12.2 Å². The van der Waals surface area contributed by atoms with Crippen LogP contribution in [0.25, 0.3) is 0 Å². The van der Waals surface area contributed by atoms with Gasteiger partial charge in [0.1, 0.15) is 0 Å². The molecule has 0 amide bonds. The fourth-order valence-corrected chi connectivity index (χ4v) is 1.22. The van der Waals surface area contributed by atoms with Crippen molar-refractivity contribution in [3.8, 4) is 0 Å². The van der Waals surface area contributed by atoms with Crippen molar-refractivity contribution in [2.24, 2.45) is 11.8 Å². The van der Waals surface area contributed by atoms with Gasteiger partial charge in [-0.2, -0.15) is 0 Å². The summed E-state index contributed by atoms with van der Waals surface area (Å²) in [7, 11) is 0. The van der Waals surface area contributed by atoms with Gasteiger partial charge in [-0.3, -0.25) is 9.59 Å². The summed E-state index contributed by atoms with van der Waals surface area (Å²) in [5.74, 6) is -2.68. The molecule has 0 aliphatic carbocycles. The number of carboxylic acid groups (broad SMARTS) is 2. The highest BCUT2D eigenvalue weighted by Gasteiger charge is 2.20. The van der Waals surface area contributed by atoms with E-state index in [4.69, 9.17) is 10.2 Å². The maximum atomic E-state index is 10.4. The Kier molecular flexibility index (Phi) is 5.29. The van der Waals surface area contributed by atoms with E-state index in [1.807, 2.05) is 0 Å². The van der Waals surface area contributed by atoms with E-state index in [1.54, 1.807) is 0 Å². The van der Waals surface area contributed by atoms with Crippen LogP contribution >= 0.6 is 0 Å². The number of hydrogen-bond acceptors (Lipinski definition) is 2. The molecule has 4 nitrogen and oxygen atoms in total. The molecule has 0 aliphatic rings. The average Bonchev–Trinajstić information content (AvgIpc) is 2.10. The zero-order valence-electron chi connectivity index (χ0n) is 7.85. The summed E-state index contributed by atoms with van der Waals surface area (Å²) < 4.78 is 0. The van der Waals surface area contributed by atoms with Crippen molar-refractivity contribution < 1.29 is 19.8 Å². The zero-order valence-corrected chi connectivity index (χ0v) is 7.85. The van der Waals surface area contributed by atoms with Gasteiger partial charge in [-0.05, 0) is 11.8 Å². The molecule has 0 aromatic rings. The van der Waals surface area contributed by atoms with Crippen LogP contribution in [0.15, 0.2) is 25.3 Å². The predicted octanol–water partition coefficient (Wildman–Crippen LogP) is 1.54. The van der Waals surface area contributed by atoms with E-state index in [-0.39, 0.29) is 24.7 Å². The van der Waals surface area contributed by atoms with Crippen LogP contribution in [0.4, 0.5) is 0 Å². The maximum Gasteiger partial charge on any atom is 0.303 e. The fraction of sp³-hybridized carbons (Fsp3) is 0.400. The van der Waals surface area contributed by atoms with E-state index in [0.29, 0.717) is 0 Å². The van der Waals surface area contributed by atoms with Crippen LogP contribution < -0.4 is 0 Å². The number of carboxylic acids is 2. The van der Waals surface area contributed by atoms with Gasteiger partial charge in [-0.25, -0.2) is 0 Å². The Hall–Kier alpha value is -1.58. The van der Waals surface area contributed by atoms with E-state index >= 15 is 0 Å². The van der Waals surface area contributed by atoms with E-state index in [9.17, 15) is 9.59 Å². The van der Waals surface area contributed by atoms with E-state index in [0.717, 1.165) is 0 Å². The van der Waals surface area contributed by atoms with Gasteiger partial charge in [-0.1, -0.05) is 12.2 Å². The Labute approximate surface area is 82.6 Å². The molecule has 2 N–H and O–H groups in total. The molecule has 0 saturated carbocycles. The van der Waals surface area contributed by atoms with Crippen molar-refractivity contribution in [2.75, 3.05) is 0 Å². The summed E-state index contributed by atoms with van der Waals surface area (Å²) in [4.78, 5) is 20.9. The van der Waals surface area contributed by atoms with Gasteiger partial charge >= 0.3 is 11.9 Å². The summed E-state index contributed by atoms with van der Waals surface area (Å²) in [6, 6.07) is 0. The number of carbonyl (C=O) groups is 2. The summed E-state index contributed by atoms with van der Waals surface area (Å²) in [5, 5.41) is 17.1. The molecule has 0 heterocycles. The van der Waals surface area contributed by atoms with Crippen LogP contribution in [0.2, 0.25) is 0 Å². The Bertz CT molecular complexity index is 219. The normalized spacial score (nSPS) is 14.0. The van der Waals surface area contributed by atoms with Crippen molar-refractivity contribution in [3.05, 3.63) is 25.3 Å². The van der Waals surface area contributed by atoms with Crippen LogP contribution in [0.3, 0.4) is 0 Å². The lowest BCUT2D eigenvalue weighted by atomic mass is 9.87. The fourth-order valence-electron chi connectivity index (χ4n) is 1.22. The van der Waals surface area contributed by atoms with Crippen LogP contribution in [0.5, 0.6) is 0 Å². The van der Waals surface area contributed by atoms with Gasteiger partial charge in [0.2, 0.25) is 0 Å². The smallest absolute Gasteiger partial charge is 0.303 e. The molecule has 2 atom stereocenters. The average molecular weight is 198 g/mol. The van der Waals surface area contributed by atoms with E-state index < -0.39 is 11.9 Å². The highest BCUT2D eigenvalue weighted by atomic mass is 16.4. The molecular formula is C10H14O4.